The van der Waals surface area contributed by atoms with Crippen LogP contribution in [-0.4, -0.2) is 24.3 Å². The molecule has 1 unspecified atom stereocenters. The molecule has 2 rings (SSSR count). The molecule has 0 bridgehead atoms. The summed E-state index contributed by atoms with van der Waals surface area (Å²) >= 11 is 0. The second kappa shape index (κ2) is 7.52. The number of nitrogens with two attached hydrogens (primary N) is 1. The summed E-state index contributed by atoms with van der Waals surface area (Å²) in [6.07, 6.45) is 0.443. The lowest BCUT2D eigenvalue weighted by molar-refractivity contribution is -0.125. The highest BCUT2D eigenvalue weighted by Crippen LogP contribution is 2.19. The maximum atomic E-state index is 11.8. The van der Waals surface area contributed by atoms with Crippen LogP contribution >= 0.6 is 0 Å². The molecule has 0 aromatic heterocycles. The Hall–Kier alpha value is -2.46. The molecule has 2 aromatic rings. The zero-order chi connectivity index (χ0) is 15.9. The Morgan fingerprint density at radius 3 is 2.18 bits per heavy atom. The van der Waals surface area contributed by atoms with E-state index in [1.54, 1.807) is 0 Å². The summed E-state index contributed by atoms with van der Waals surface area (Å²) in [5.74, 6) is -0.393. The summed E-state index contributed by atoms with van der Waals surface area (Å²) in [6, 6.07) is 17.4. The van der Waals surface area contributed by atoms with E-state index < -0.39 is 6.04 Å². The third-order valence-electron chi connectivity index (χ3n) is 3.37. The molecule has 0 fully saturated rings. The molecule has 0 aliphatic heterocycles. The smallest absolute Gasteiger partial charge is 0.237 e. The van der Waals surface area contributed by atoms with Crippen LogP contribution in [-0.2, 0) is 16.0 Å². The maximum absolute atomic E-state index is 11.8. The first-order valence-electron chi connectivity index (χ1n) is 7.23. The molecule has 22 heavy (non-hydrogen) atoms. The summed E-state index contributed by atoms with van der Waals surface area (Å²) < 4.78 is 0. The number of hydrogen-bond acceptors (Lipinski definition) is 3. The molecule has 0 aliphatic rings. The van der Waals surface area contributed by atoms with E-state index >= 15 is 0 Å². The minimum absolute atomic E-state index is 0.0273. The molecular formula is C18H20N2O2. The average Bonchev–Trinajstić information content (AvgIpc) is 2.54. The van der Waals surface area contributed by atoms with Crippen LogP contribution < -0.4 is 11.1 Å². The third kappa shape index (κ3) is 4.53. The lowest BCUT2D eigenvalue weighted by atomic mass is 10.0. The molecule has 4 nitrogen and oxygen atoms in total. The van der Waals surface area contributed by atoms with Crippen LogP contribution in [0.25, 0.3) is 11.1 Å². The molecule has 2 aromatic carbocycles. The molecule has 0 radical (unpaired) electrons. The Bertz CT molecular complexity index is 636. The molecule has 4 heteroatoms. The first-order valence-corrected chi connectivity index (χ1v) is 7.23. The molecule has 3 N–H and O–H groups in total. The number of nitrogens with one attached hydrogen (secondary N) is 1. The largest absolute Gasteiger partial charge is 0.348 e. The second-order valence-electron chi connectivity index (χ2n) is 5.29. The first kappa shape index (κ1) is 15.9. The zero-order valence-corrected chi connectivity index (χ0v) is 12.6. The van der Waals surface area contributed by atoms with Gasteiger partial charge in [0.1, 0.15) is 5.78 Å². The van der Waals surface area contributed by atoms with E-state index in [0.29, 0.717) is 6.42 Å². The minimum atomic E-state index is -0.651. The van der Waals surface area contributed by atoms with Crippen LogP contribution in [0.15, 0.2) is 54.6 Å². The van der Waals surface area contributed by atoms with Crippen LogP contribution in [0.4, 0.5) is 0 Å². The van der Waals surface area contributed by atoms with Crippen LogP contribution in [0, 0.1) is 0 Å². The second-order valence-corrected chi connectivity index (χ2v) is 5.29. The number of hydrogen-bond donors (Lipinski definition) is 2. The van der Waals surface area contributed by atoms with E-state index in [1.807, 2.05) is 42.5 Å². The number of benzene rings is 2. The number of carbonyl (C=O) groups is 2. The van der Waals surface area contributed by atoms with Gasteiger partial charge in [0.25, 0.3) is 0 Å². The van der Waals surface area contributed by atoms with Gasteiger partial charge in [-0.25, -0.2) is 0 Å². The van der Waals surface area contributed by atoms with E-state index in [0.717, 1.165) is 16.7 Å². The van der Waals surface area contributed by atoms with Crippen LogP contribution in [0.2, 0.25) is 0 Å². The molecule has 0 aliphatic carbocycles. The number of Topliss-reactive ketones (excluding diaryl/α,β-unsaturated/α-hetero) is 1. The maximum Gasteiger partial charge on any atom is 0.237 e. The van der Waals surface area contributed by atoms with Crippen molar-refractivity contribution in [3.05, 3.63) is 60.2 Å². The van der Waals surface area contributed by atoms with Crippen LogP contribution in [0.3, 0.4) is 0 Å². The SMILES string of the molecule is CC(=O)CNC(=O)C(N)Cc1ccc(-c2ccccc2)cc1. The molecule has 0 saturated carbocycles. The van der Waals surface area contributed by atoms with E-state index in [9.17, 15) is 9.59 Å². The highest BCUT2D eigenvalue weighted by molar-refractivity contribution is 5.87. The van der Waals surface area contributed by atoms with Crippen molar-refractivity contribution in [1.82, 2.24) is 5.32 Å². The third-order valence-corrected chi connectivity index (χ3v) is 3.37. The van der Waals surface area contributed by atoms with Gasteiger partial charge in [0.2, 0.25) is 5.91 Å². The number of carbonyl (C=O) groups excluding carboxylic acids is 2. The summed E-state index contributed by atoms with van der Waals surface area (Å²) in [5, 5.41) is 2.53. The van der Waals surface area contributed by atoms with Gasteiger partial charge in [0.15, 0.2) is 0 Å². The lowest BCUT2D eigenvalue weighted by Crippen LogP contribution is -2.43. The molecule has 1 amide bonds. The fourth-order valence-corrected chi connectivity index (χ4v) is 2.15. The van der Waals surface area contributed by atoms with Crippen molar-refractivity contribution in [1.29, 1.82) is 0 Å². The van der Waals surface area contributed by atoms with E-state index in [-0.39, 0.29) is 18.2 Å². The van der Waals surface area contributed by atoms with Gasteiger partial charge in [-0.15, -0.1) is 0 Å². The van der Waals surface area contributed by atoms with Crippen molar-refractivity contribution in [2.24, 2.45) is 5.73 Å². The van der Waals surface area contributed by atoms with Gasteiger partial charge in [-0.1, -0.05) is 54.6 Å². The summed E-state index contributed by atoms with van der Waals surface area (Å²) in [6.45, 7) is 1.45. The Morgan fingerprint density at radius 1 is 1.00 bits per heavy atom. The molecule has 0 saturated heterocycles. The van der Waals surface area contributed by atoms with E-state index in [2.05, 4.69) is 17.4 Å². The molecule has 0 heterocycles. The average molecular weight is 296 g/mol. The summed E-state index contributed by atoms with van der Waals surface area (Å²) in [5.41, 5.74) is 9.13. The van der Waals surface area contributed by atoms with Crippen LogP contribution in [0.1, 0.15) is 12.5 Å². The molecule has 1 atom stereocenters. The minimum Gasteiger partial charge on any atom is -0.348 e. The van der Waals surface area contributed by atoms with Crippen LogP contribution in [0.5, 0.6) is 0 Å². The summed E-state index contributed by atoms with van der Waals surface area (Å²) in [7, 11) is 0. The standard InChI is InChI=1S/C18H20N2O2/c1-13(21)12-20-18(22)17(19)11-14-7-9-16(10-8-14)15-5-3-2-4-6-15/h2-10,17H,11-12,19H2,1H3,(H,20,22). The number of ketones is 1. The molecular weight excluding hydrogens is 276 g/mol. The van der Waals surface area contributed by atoms with Crippen molar-refractivity contribution in [3.63, 3.8) is 0 Å². The predicted molar refractivity (Wildman–Crippen MR) is 87.2 cm³/mol. The fraction of sp³-hybridized carbons (Fsp3) is 0.222. The zero-order valence-electron chi connectivity index (χ0n) is 12.6. The highest BCUT2D eigenvalue weighted by Gasteiger charge is 2.14. The highest BCUT2D eigenvalue weighted by atomic mass is 16.2. The van der Waals surface area contributed by atoms with Gasteiger partial charge in [-0.3, -0.25) is 9.59 Å². The van der Waals surface area contributed by atoms with E-state index in [1.165, 1.54) is 6.92 Å². The molecule has 114 valence electrons. The van der Waals surface area contributed by atoms with E-state index in [4.69, 9.17) is 5.73 Å². The lowest BCUT2D eigenvalue weighted by Gasteiger charge is -2.12. The van der Waals surface area contributed by atoms with Gasteiger partial charge >= 0.3 is 0 Å². The van der Waals surface area contributed by atoms with Gasteiger partial charge in [-0.05, 0) is 30.0 Å². The normalized spacial score (nSPS) is 11.7. The van der Waals surface area contributed by atoms with Crippen molar-refractivity contribution in [2.45, 2.75) is 19.4 Å². The number of rotatable bonds is 6. The topological polar surface area (TPSA) is 72.2 Å². The van der Waals surface area contributed by atoms with Gasteiger partial charge in [0, 0.05) is 0 Å². The Labute approximate surface area is 130 Å². The number of amides is 1. The molecule has 0 spiro atoms. The fourth-order valence-electron chi connectivity index (χ4n) is 2.15. The Kier molecular flexibility index (Phi) is 5.44. The monoisotopic (exact) mass is 296 g/mol. The van der Waals surface area contributed by atoms with Crippen molar-refractivity contribution in [2.75, 3.05) is 6.54 Å². The Balaban J connectivity index is 1.96. The van der Waals surface area contributed by atoms with Crippen molar-refractivity contribution < 1.29 is 9.59 Å². The Morgan fingerprint density at radius 2 is 1.59 bits per heavy atom. The van der Waals surface area contributed by atoms with Gasteiger partial charge in [0.05, 0.1) is 12.6 Å². The predicted octanol–water partition coefficient (Wildman–Crippen LogP) is 1.93. The van der Waals surface area contributed by atoms with Crippen molar-refractivity contribution >= 4 is 11.7 Å². The van der Waals surface area contributed by atoms with Gasteiger partial charge in [-0.2, -0.15) is 0 Å². The first-order chi connectivity index (χ1) is 10.6. The quantitative estimate of drug-likeness (QED) is 0.855. The van der Waals surface area contributed by atoms with Crippen molar-refractivity contribution in [3.8, 4) is 11.1 Å². The van der Waals surface area contributed by atoms with Gasteiger partial charge < -0.3 is 11.1 Å². The summed E-state index contributed by atoms with van der Waals surface area (Å²) in [4.78, 5) is 22.6.